The highest BCUT2D eigenvalue weighted by molar-refractivity contribution is 5.94. The van der Waals surface area contributed by atoms with Crippen LogP contribution in [0.3, 0.4) is 0 Å². The van der Waals surface area contributed by atoms with Gasteiger partial charge in [0.05, 0.1) is 19.8 Å². The lowest BCUT2D eigenvalue weighted by atomic mass is 10.1. The summed E-state index contributed by atoms with van der Waals surface area (Å²) in [7, 11) is 0. The van der Waals surface area contributed by atoms with Crippen LogP contribution in [-0.2, 0) is 14.3 Å². The summed E-state index contributed by atoms with van der Waals surface area (Å²) in [5.41, 5.74) is 0. The molecule has 0 saturated heterocycles. The second kappa shape index (κ2) is 11.6. The zero-order chi connectivity index (χ0) is 20.2. The number of benzene rings is 2. The van der Waals surface area contributed by atoms with Crippen LogP contribution in [0.1, 0.15) is 0 Å². The molecule has 0 aliphatic rings. The standard InChI is InChI=1S/C20H23NO7/c1-2-19(23)27-14-13-25-11-9-21-20(24)28-18-8-4-5-15-16(18)6-3-7-17(15)26-12-10-22/h2-8,22H,1,9-14H2,(H,21,24). The van der Waals surface area contributed by atoms with Crippen molar-refractivity contribution in [3.05, 3.63) is 49.1 Å². The van der Waals surface area contributed by atoms with Gasteiger partial charge in [0.15, 0.2) is 0 Å². The molecule has 0 heterocycles. The summed E-state index contributed by atoms with van der Waals surface area (Å²) >= 11 is 0. The first-order valence-corrected chi connectivity index (χ1v) is 8.73. The molecule has 0 atom stereocenters. The summed E-state index contributed by atoms with van der Waals surface area (Å²) in [6.45, 7) is 4.20. The molecule has 0 aliphatic heterocycles. The molecule has 2 aromatic rings. The minimum atomic E-state index is -0.615. The smallest absolute Gasteiger partial charge is 0.412 e. The molecule has 2 aromatic carbocycles. The van der Waals surface area contributed by atoms with E-state index in [1.54, 1.807) is 24.3 Å². The van der Waals surface area contributed by atoms with Gasteiger partial charge >= 0.3 is 12.1 Å². The van der Waals surface area contributed by atoms with Gasteiger partial charge in [-0.1, -0.05) is 30.8 Å². The van der Waals surface area contributed by atoms with Gasteiger partial charge in [-0.15, -0.1) is 0 Å². The summed E-state index contributed by atoms with van der Waals surface area (Å²) in [4.78, 5) is 22.8. The number of carbonyl (C=O) groups excluding carboxylic acids is 2. The number of aliphatic hydroxyl groups is 1. The first-order valence-electron chi connectivity index (χ1n) is 8.73. The highest BCUT2D eigenvalue weighted by Gasteiger charge is 2.10. The zero-order valence-electron chi connectivity index (χ0n) is 15.4. The summed E-state index contributed by atoms with van der Waals surface area (Å²) in [5.74, 6) is 0.481. The minimum absolute atomic E-state index is 0.0895. The van der Waals surface area contributed by atoms with E-state index in [0.29, 0.717) is 16.9 Å². The Morgan fingerprint density at radius 1 is 1.00 bits per heavy atom. The zero-order valence-corrected chi connectivity index (χ0v) is 15.4. The van der Waals surface area contributed by atoms with Crippen LogP contribution in [0.4, 0.5) is 4.79 Å². The Bertz CT molecular complexity index is 806. The second-order valence-corrected chi connectivity index (χ2v) is 5.48. The van der Waals surface area contributed by atoms with Crippen molar-refractivity contribution in [3.63, 3.8) is 0 Å². The van der Waals surface area contributed by atoms with E-state index >= 15 is 0 Å². The molecule has 1 amide bonds. The van der Waals surface area contributed by atoms with Crippen LogP contribution in [0.5, 0.6) is 11.5 Å². The van der Waals surface area contributed by atoms with Crippen molar-refractivity contribution in [2.45, 2.75) is 0 Å². The molecule has 0 radical (unpaired) electrons. The Labute approximate surface area is 162 Å². The molecule has 150 valence electrons. The lowest BCUT2D eigenvalue weighted by molar-refractivity contribution is -0.139. The number of hydrogen-bond donors (Lipinski definition) is 2. The van der Waals surface area contributed by atoms with Gasteiger partial charge in [-0.05, 0) is 12.1 Å². The quantitative estimate of drug-likeness (QED) is 0.344. The molecule has 2 N–H and O–H groups in total. The van der Waals surface area contributed by atoms with E-state index in [4.69, 9.17) is 24.1 Å². The third-order valence-electron chi connectivity index (χ3n) is 3.55. The predicted octanol–water partition coefficient (Wildman–Crippen LogP) is 2.05. The molecule has 0 bridgehead atoms. The lowest BCUT2D eigenvalue weighted by Crippen LogP contribution is -2.30. The van der Waals surface area contributed by atoms with Crippen LogP contribution >= 0.6 is 0 Å². The monoisotopic (exact) mass is 389 g/mol. The molecule has 0 aromatic heterocycles. The number of hydrogen-bond acceptors (Lipinski definition) is 7. The van der Waals surface area contributed by atoms with Crippen molar-refractivity contribution in [2.75, 3.05) is 39.6 Å². The van der Waals surface area contributed by atoms with Crippen LogP contribution in [0.2, 0.25) is 0 Å². The molecule has 2 rings (SSSR count). The maximum atomic E-state index is 12.0. The summed E-state index contributed by atoms with van der Waals surface area (Å²) < 4.78 is 20.9. The SMILES string of the molecule is C=CC(=O)OCCOCCNC(=O)Oc1cccc2c(OCCO)cccc12. The number of fused-ring (bicyclic) bond motifs is 1. The van der Waals surface area contributed by atoms with Gasteiger partial charge in [0.1, 0.15) is 24.7 Å². The first kappa shape index (κ1) is 21.2. The number of aliphatic hydroxyl groups excluding tert-OH is 1. The maximum absolute atomic E-state index is 12.0. The van der Waals surface area contributed by atoms with Crippen molar-refractivity contribution < 1.29 is 33.6 Å². The second-order valence-electron chi connectivity index (χ2n) is 5.48. The van der Waals surface area contributed by atoms with E-state index in [1.165, 1.54) is 0 Å². The molecule has 28 heavy (non-hydrogen) atoms. The summed E-state index contributed by atoms with van der Waals surface area (Å²) in [6, 6.07) is 10.7. The Kier molecular flexibility index (Phi) is 8.77. The van der Waals surface area contributed by atoms with Crippen molar-refractivity contribution in [1.29, 1.82) is 0 Å². The Morgan fingerprint density at radius 3 is 2.43 bits per heavy atom. The lowest BCUT2D eigenvalue weighted by Gasteiger charge is -2.12. The fourth-order valence-electron chi connectivity index (χ4n) is 2.35. The van der Waals surface area contributed by atoms with Crippen molar-refractivity contribution in [3.8, 4) is 11.5 Å². The van der Waals surface area contributed by atoms with Gasteiger partial charge in [-0.25, -0.2) is 9.59 Å². The molecule has 0 aliphatic carbocycles. The average molecular weight is 389 g/mol. The molecule has 0 unspecified atom stereocenters. The third kappa shape index (κ3) is 6.57. The topological polar surface area (TPSA) is 103 Å². The van der Waals surface area contributed by atoms with E-state index < -0.39 is 12.1 Å². The number of nitrogens with one attached hydrogen (secondary N) is 1. The number of amides is 1. The van der Waals surface area contributed by atoms with Gasteiger partial charge in [0, 0.05) is 23.4 Å². The highest BCUT2D eigenvalue weighted by Crippen LogP contribution is 2.32. The highest BCUT2D eigenvalue weighted by atomic mass is 16.6. The van der Waals surface area contributed by atoms with Crippen LogP contribution in [0.15, 0.2) is 49.1 Å². The Hall–Kier alpha value is -3.10. The van der Waals surface area contributed by atoms with Gasteiger partial charge in [0.25, 0.3) is 0 Å². The van der Waals surface area contributed by atoms with E-state index in [0.717, 1.165) is 11.5 Å². The van der Waals surface area contributed by atoms with E-state index in [9.17, 15) is 9.59 Å². The van der Waals surface area contributed by atoms with Crippen LogP contribution < -0.4 is 14.8 Å². The normalized spacial score (nSPS) is 10.3. The summed E-state index contributed by atoms with van der Waals surface area (Å²) in [6.07, 6.45) is 0.461. The van der Waals surface area contributed by atoms with Crippen molar-refractivity contribution in [2.24, 2.45) is 0 Å². The van der Waals surface area contributed by atoms with Gasteiger partial charge in [-0.3, -0.25) is 0 Å². The minimum Gasteiger partial charge on any atom is -0.491 e. The molecule has 0 spiro atoms. The Balaban J connectivity index is 1.81. The van der Waals surface area contributed by atoms with Gasteiger partial charge in [0.2, 0.25) is 0 Å². The Morgan fingerprint density at radius 2 is 1.71 bits per heavy atom. The molecular weight excluding hydrogens is 366 g/mol. The number of ether oxygens (including phenoxy) is 4. The predicted molar refractivity (Wildman–Crippen MR) is 103 cm³/mol. The summed E-state index contributed by atoms with van der Waals surface area (Å²) in [5, 5.41) is 13.0. The van der Waals surface area contributed by atoms with Crippen molar-refractivity contribution >= 4 is 22.8 Å². The number of esters is 1. The molecular formula is C20H23NO7. The van der Waals surface area contributed by atoms with Crippen molar-refractivity contribution in [1.82, 2.24) is 5.32 Å². The largest absolute Gasteiger partial charge is 0.491 e. The first-order chi connectivity index (χ1) is 13.7. The van der Waals surface area contributed by atoms with Gasteiger partial charge in [-0.2, -0.15) is 0 Å². The third-order valence-corrected chi connectivity index (χ3v) is 3.55. The number of rotatable bonds is 11. The van der Waals surface area contributed by atoms with E-state index in [1.807, 2.05) is 12.1 Å². The van der Waals surface area contributed by atoms with E-state index in [-0.39, 0.29) is 39.6 Å². The van der Waals surface area contributed by atoms with Gasteiger partial charge < -0.3 is 29.4 Å². The van der Waals surface area contributed by atoms with Crippen LogP contribution in [-0.4, -0.2) is 56.7 Å². The van der Waals surface area contributed by atoms with Crippen LogP contribution in [0, 0.1) is 0 Å². The number of carbonyl (C=O) groups is 2. The van der Waals surface area contributed by atoms with Crippen LogP contribution in [0.25, 0.3) is 10.8 Å². The molecule has 0 fully saturated rings. The van der Waals surface area contributed by atoms with E-state index in [2.05, 4.69) is 11.9 Å². The average Bonchev–Trinajstić information content (AvgIpc) is 2.71. The molecule has 0 saturated carbocycles. The maximum Gasteiger partial charge on any atom is 0.412 e. The molecule has 8 heteroatoms. The fourth-order valence-corrected chi connectivity index (χ4v) is 2.35. The fraction of sp³-hybridized carbons (Fsp3) is 0.300. The molecule has 8 nitrogen and oxygen atoms in total.